The fourth-order valence-corrected chi connectivity index (χ4v) is 1.29. The van der Waals surface area contributed by atoms with Crippen molar-refractivity contribution in [1.82, 2.24) is 0 Å². The van der Waals surface area contributed by atoms with Gasteiger partial charge in [0.15, 0.2) is 0 Å². The summed E-state index contributed by atoms with van der Waals surface area (Å²) in [5, 5.41) is 8.82. The van der Waals surface area contributed by atoms with E-state index < -0.39 is 0 Å². The summed E-state index contributed by atoms with van der Waals surface area (Å²) in [4.78, 5) is 0. The van der Waals surface area contributed by atoms with Crippen LogP contribution < -0.4 is 4.74 Å². The van der Waals surface area contributed by atoms with Gasteiger partial charge in [-0.1, -0.05) is 30.9 Å². The average molecular weight is 212 g/mol. The molecule has 0 saturated carbocycles. The number of aromatic hydroxyl groups is 1. The Morgan fingerprint density at radius 2 is 1.56 bits per heavy atom. The Labute approximate surface area is 94.4 Å². The van der Waals surface area contributed by atoms with Crippen LogP contribution in [0.15, 0.2) is 55.1 Å². The lowest BCUT2D eigenvalue weighted by Crippen LogP contribution is -1.91. The van der Waals surface area contributed by atoms with Gasteiger partial charge in [0.2, 0.25) is 0 Å². The van der Waals surface area contributed by atoms with E-state index in [9.17, 15) is 0 Å². The van der Waals surface area contributed by atoms with Crippen LogP contribution in [0.2, 0.25) is 0 Å². The van der Waals surface area contributed by atoms with Crippen molar-refractivity contribution >= 4 is 6.08 Å². The van der Waals surface area contributed by atoms with Gasteiger partial charge in [0.05, 0.1) is 0 Å². The molecule has 4 rings (SSSR count). The van der Waals surface area contributed by atoms with Gasteiger partial charge in [0.1, 0.15) is 17.2 Å². The van der Waals surface area contributed by atoms with Crippen molar-refractivity contribution in [3.05, 3.63) is 60.7 Å². The summed E-state index contributed by atoms with van der Waals surface area (Å²) < 4.78 is 5.01. The number of phenols is 1. The first kappa shape index (κ1) is 10.3. The van der Waals surface area contributed by atoms with Crippen molar-refractivity contribution < 1.29 is 9.84 Å². The van der Waals surface area contributed by atoms with E-state index in [0.29, 0.717) is 5.75 Å². The molecular formula is C14H12O2. The van der Waals surface area contributed by atoms with Crippen molar-refractivity contribution in [3.8, 4) is 17.2 Å². The van der Waals surface area contributed by atoms with Gasteiger partial charge in [-0.05, 0) is 29.8 Å². The van der Waals surface area contributed by atoms with Gasteiger partial charge in [-0.15, -0.1) is 0 Å². The standard InChI is InChI=1S/C8H8O.C6H4O/c1-2-7-3-5-8(9)6-4-7;1-2-5-4-6(3-1)7-5/h2-6,9H,1H2;1-4H. The zero-order valence-electron chi connectivity index (χ0n) is 8.76. The van der Waals surface area contributed by atoms with Gasteiger partial charge < -0.3 is 9.84 Å². The van der Waals surface area contributed by atoms with Crippen molar-refractivity contribution in [2.75, 3.05) is 0 Å². The van der Waals surface area contributed by atoms with E-state index in [0.717, 1.165) is 17.1 Å². The number of hydrogen-bond donors (Lipinski definition) is 1. The molecule has 2 aliphatic rings. The van der Waals surface area contributed by atoms with Crippen molar-refractivity contribution in [1.29, 1.82) is 0 Å². The van der Waals surface area contributed by atoms with Crippen LogP contribution in [0.5, 0.6) is 17.2 Å². The van der Waals surface area contributed by atoms with E-state index in [1.165, 1.54) is 0 Å². The van der Waals surface area contributed by atoms with Crippen LogP contribution in [0.1, 0.15) is 5.56 Å². The molecule has 16 heavy (non-hydrogen) atoms. The zero-order chi connectivity index (χ0) is 11.4. The first-order chi connectivity index (χ1) is 7.78. The lowest BCUT2D eigenvalue weighted by molar-refractivity contribution is 0.438. The van der Waals surface area contributed by atoms with E-state index in [2.05, 4.69) is 6.58 Å². The minimum atomic E-state index is 0.292. The lowest BCUT2D eigenvalue weighted by Gasteiger charge is -2.13. The first-order valence-corrected chi connectivity index (χ1v) is 4.97. The van der Waals surface area contributed by atoms with Gasteiger partial charge in [0, 0.05) is 6.07 Å². The first-order valence-electron chi connectivity index (χ1n) is 4.97. The molecule has 2 heterocycles. The molecule has 1 N–H and O–H groups in total. The van der Waals surface area contributed by atoms with E-state index in [1.807, 2.05) is 36.4 Å². The number of hydrogen-bond acceptors (Lipinski definition) is 2. The molecule has 0 amide bonds. The lowest BCUT2D eigenvalue weighted by atomic mass is 10.2. The van der Waals surface area contributed by atoms with E-state index in [1.54, 1.807) is 18.2 Å². The molecule has 0 radical (unpaired) electrons. The number of ether oxygens (including phenoxy) is 1. The van der Waals surface area contributed by atoms with Gasteiger partial charge in [-0.2, -0.15) is 0 Å². The molecule has 2 nitrogen and oxygen atoms in total. The Kier molecular flexibility index (Phi) is 2.92. The molecule has 0 saturated heterocycles. The Bertz CT molecular complexity index is 462. The second-order valence-corrected chi connectivity index (χ2v) is 3.37. The van der Waals surface area contributed by atoms with Gasteiger partial charge >= 0.3 is 0 Å². The largest absolute Gasteiger partial charge is 0.508 e. The smallest absolute Gasteiger partial charge is 0.131 e. The molecule has 2 aliphatic heterocycles. The predicted molar refractivity (Wildman–Crippen MR) is 64.7 cm³/mol. The Balaban J connectivity index is 0.000000123. The predicted octanol–water partition coefficient (Wildman–Crippen LogP) is 3.83. The molecular weight excluding hydrogens is 200 g/mol. The molecule has 2 bridgehead atoms. The monoisotopic (exact) mass is 212 g/mol. The van der Waals surface area contributed by atoms with Crippen molar-refractivity contribution in [3.63, 3.8) is 0 Å². The van der Waals surface area contributed by atoms with Crippen molar-refractivity contribution in [2.45, 2.75) is 0 Å². The van der Waals surface area contributed by atoms with E-state index in [-0.39, 0.29) is 0 Å². The topological polar surface area (TPSA) is 29.5 Å². The molecule has 2 heteroatoms. The third-order valence-corrected chi connectivity index (χ3v) is 2.17. The minimum Gasteiger partial charge on any atom is -0.508 e. The van der Waals surface area contributed by atoms with Crippen LogP contribution in [0.3, 0.4) is 0 Å². The van der Waals surface area contributed by atoms with Crippen LogP contribution in [0.25, 0.3) is 6.08 Å². The maximum absolute atomic E-state index is 8.82. The maximum atomic E-state index is 8.82. The second kappa shape index (κ2) is 4.53. The number of fused-ring (bicyclic) bond motifs is 2. The van der Waals surface area contributed by atoms with E-state index >= 15 is 0 Å². The third-order valence-electron chi connectivity index (χ3n) is 2.17. The normalized spacial score (nSPS) is 10.2. The Hall–Kier alpha value is -2.22. The quantitative estimate of drug-likeness (QED) is 0.664. The summed E-state index contributed by atoms with van der Waals surface area (Å²) in [7, 11) is 0. The Morgan fingerprint density at radius 3 is 1.88 bits per heavy atom. The number of benzene rings is 2. The summed E-state index contributed by atoms with van der Waals surface area (Å²) in [6.45, 7) is 3.58. The summed E-state index contributed by atoms with van der Waals surface area (Å²) in [5.41, 5.74) is 1.02. The summed E-state index contributed by atoms with van der Waals surface area (Å²) in [5.74, 6) is 2.26. The fourth-order valence-electron chi connectivity index (χ4n) is 1.29. The van der Waals surface area contributed by atoms with Crippen LogP contribution in [0, 0.1) is 0 Å². The molecule has 0 fully saturated rings. The summed E-state index contributed by atoms with van der Waals surface area (Å²) >= 11 is 0. The summed E-state index contributed by atoms with van der Waals surface area (Å²) in [6.07, 6.45) is 1.74. The average Bonchev–Trinajstić information content (AvgIpc) is 2.31. The highest BCUT2D eigenvalue weighted by Gasteiger charge is 2.05. The molecule has 0 aliphatic carbocycles. The minimum absolute atomic E-state index is 0.292. The maximum Gasteiger partial charge on any atom is 0.131 e. The third kappa shape index (κ3) is 2.42. The SMILES string of the molecule is C=Cc1ccc(O)cc1.c1cc2cc(c1)O2. The Morgan fingerprint density at radius 1 is 1.00 bits per heavy atom. The van der Waals surface area contributed by atoms with Crippen LogP contribution in [-0.4, -0.2) is 5.11 Å². The highest BCUT2D eigenvalue weighted by molar-refractivity contribution is 5.47. The van der Waals surface area contributed by atoms with Gasteiger partial charge in [-0.25, -0.2) is 0 Å². The molecule has 0 atom stereocenters. The summed E-state index contributed by atoms with van der Waals surface area (Å²) in [6, 6.07) is 14.7. The zero-order valence-corrected chi connectivity index (χ0v) is 8.76. The highest BCUT2D eigenvalue weighted by atomic mass is 16.5. The number of rotatable bonds is 1. The number of phenolic OH excluding ortho intramolecular Hbond substituents is 1. The van der Waals surface area contributed by atoms with Crippen LogP contribution in [0.4, 0.5) is 0 Å². The fraction of sp³-hybridized carbons (Fsp3) is 0. The molecule has 0 spiro atoms. The molecule has 80 valence electrons. The van der Waals surface area contributed by atoms with Gasteiger partial charge in [0.25, 0.3) is 0 Å². The van der Waals surface area contributed by atoms with Crippen LogP contribution in [-0.2, 0) is 0 Å². The highest BCUT2D eigenvalue weighted by Crippen LogP contribution is 2.32. The van der Waals surface area contributed by atoms with E-state index in [4.69, 9.17) is 9.84 Å². The van der Waals surface area contributed by atoms with Gasteiger partial charge in [-0.3, -0.25) is 0 Å². The van der Waals surface area contributed by atoms with Crippen LogP contribution >= 0.6 is 0 Å². The molecule has 0 unspecified atom stereocenters. The van der Waals surface area contributed by atoms with Crippen molar-refractivity contribution in [2.24, 2.45) is 0 Å². The molecule has 2 aromatic rings. The molecule has 0 aromatic heterocycles. The second-order valence-electron chi connectivity index (χ2n) is 3.37. The molecule has 2 aromatic carbocycles.